The monoisotopic (exact) mass is 311 g/mol. The van der Waals surface area contributed by atoms with Gasteiger partial charge in [-0.05, 0) is 43.7 Å². The van der Waals surface area contributed by atoms with E-state index in [4.69, 9.17) is 0 Å². The summed E-state index contributed by atoms with van der Waals surface area (Å²) in [6, 6.07) is 11.1. The highest BCUT2D eigenvalue weighted by atomic mass is 16.4. The van der Waals surface area contributed by atoms with Gasteiger partial charge in [0.05, 0.1) is 11.7 Å². The summed E-state index contributed by atoms with van der Waals surface area (Å²) in [7, 11) is 0. The van der Waals surface area contributed by atoms with Gasteiger partial charge in [-0.2, -0.15) is 0 Å². The summed E-state index contributed by atoms with van der Waals surface area (Å²) in [4.78, 5) is 22.7. The van der Waals surface area contributed by atoms with Crippen LogP contribution in [-0.4, -0.2) is 38.5 Å². The second-order valence-electron chi connectivity index (χ2n) is 5.88. The summed E-state index contributed by atoms with van der Waals surface area (Å²) in [6.07, 6.45) is 6.89. The van der Waals surface area contributed by atoms with E-state index in [1.54, 1.807) is 12.4 Å². The van der Waals surface area contributed by atoms with Crippen molar-refractivity contribution in [1.29, 1.82) is 0 Å². The van der Waals surface area contributed by atoms with Crippen LogP contribution >= 0.6 is 0 Å². The van der Waals surface area contributed by atoms with Crippen molar-refractivity contribution in [2.24, 2.45) is 0 Å². The van der Waals surface area contributed by atoms with Gasteiger partial charge in [-0.3, -0.25) is 19.7 Å². The van der Waals surface area contributed by atoms with E-state index in [-0.39, 0.29) is 6.04 Å². The van der Waals surface area contributed by atoms with Crippen LogP contribution in [0.2, 0.25) is 0 Å². The largest absolute Gasteiger partial charge is 0.480 e. The van der Waals surface area contributed by atoms with Crippen molar-refractivity contribution < 1.29 is 9.90 Å². The van der Waals surface area contributed by atoms with Gasteiger partial charge >= 0.3 is 5.97 Å². The van der Waals surface area contributed by atoms with E-state index in [2.05, 4.69) is 14.9 Å². The Morgan fingerprint density at radius 2 is 1.96 bits per heavy atom. The lowest BCUT2D eigenvalue weighted by molar-refractivity contribution is -0.146. The number of carboxylic acid groups (broad SMARTS) is 1. The maximum atomic E-state index is 11.7. The number of carbonyl (C=O) groups is 1. The second kappa shape index (κ2) is 7.33. The molecule has 120 valence electrons. The van der Waals surface area contributed by atoms with Gasteiger partial charge in [-0.25, -0.2) is 0 Å². The zero-order chi connectivity index (χ0) is 16.1. The number of rotatable bonds is 5. The van der Waals surface area contributed by atoms with E-state index in [9.17, 15) is 9.90 Å². The molecule has 2 unspecified atom stereocenters. The average molecular weight is 311 g/mol. The van der Waals surface area contributed by atoms with Gasteiger partial charge in [-0.15, -0.1) is 0 Å². The molecule has 0 aliphatic carbocycles. The molecule has 1 fully saturated rings. The van der Waals surface area contributed by atoms with Crippen LogP contribution in [0.4, 0.5) is 0 Å². The van der Waals surface area contributed by atoms with E-state index in [0.29, 0.717) is 12.8 Å². The molecule has 1 N–H and O–H groups in total. The van der Waals surface area contributed by atoms with Crippen molar-refractivity contribution in [2.45, 2.75) is 37.8 Å². The van der Waals surface area contributed by atoms with E-state index in [1.165, 1.54) is 0 Å². The Hall–Kier alpha value is -2.27. The normalized spacial score (nSPS) is 20.1. The Morgan fingerprint density at radius 1 is 1.17 bits per heavy atom. The molecule has 5 nitrogen and oxygen atoms in total. The van der Waals surface area contributed by atoms with Crippen molar-refractivity contribution in [2.75, 3.05) is 6.54 Å². The first kappa shape index (κ1) is 15.6. The molecule has 0 amide bonds. The third-order valence-electron chi connectivity index (χ3n) is 4.39. The first-order valence-corrected chi connectivity index (χ1v) is 8.05. The van der Waals surface area contributed by atoms with Crippen molar-refractivity contribution in [1.82, 2.24) is 14.9 Å². The van der Waals surface area contributed by atoms with Gasteiger partial charge in [-0.1, -0.05) is 18.6 Å². The van der Waals surface area contributed by atoms with Crippen LogP contribution < -0.4 is 0 Å². The van der Waals surface area contributed by atoms with E-state index in [1.807, 2.05) is 36.4 Å². The van der Waals surface area contributed by atoms with Crippen LogP contribution in [0, 0.1) is 0 Å². The molecule has 3 heterocycles. The SMILES string of the molecule is O=C(O)C1CCCCN1C(Cc1ccccn1)c1ccccn1. The Labute approximate surface area is 136 Å². The van der Waals surface area contributed by atoms with Crippen LogP contribution in [0.5, 0.6) is 0 Å². The highest BCUT2D eigenvalue weighted by Gasteiger charge is 2.34. The van der Waals surface area contributed by atoms with Gasteiger partial charge in [0.2, 0.25) is 0 Å². The molecule has 1 aliphatic heterocycles. The van der Waals surface area contributed by atoms with Crippen molar-refractivity contribution in [3.63, 3.8) is 0 Å². The molecule has 3 rings (SSSR count). The molecular formula is C18H21N3O2. The second-order valence-corrected chi connectivity index (χ2v) is 5.88. The number of likely N-dealkylation sites (tertiary alicyclic amines) is 1. The van der Waals surface area contributed by atoms with Crippen molar-refractivity contribution in [3.8, 4) is 0 Å². The average Bonchev–Trinajstić information content (AvgIpc) is 2.61. The van der Waals surface area contributed by atoms with E-state index in [0.717, 1.165) is 30.8 Å². The third kappa shape index (κ3) is 3.74. The zero-order valence-electron chi connectivity index (χ0n) is 13.0. The predicted molar refractivity (Wildman–Crippen MR) is 86.9 cm³/mol. The number of nitrogens with zero attached hydrogens (tertiary/aromatic N) is 3. The Morgan fingerprint density at radius 3 is 2.61 bits per heavy atom. The number of hydrogen-bond acceptors (Lipinski definition) is 4. The fourth-order valence-corrected chi connectivity index (χ4v) is 3.27. The summed E-state index contributed by atoms with van der Waals surface area (Å²) in [5.41, 5.74) is 1.86. The van der Waals surface area contributed by atoms with Gasteiger partial charge < -0.3 is 5.11 Å². The molecule has 0 spiro atoms. The standard InChI is InChI=1S/C18H21N3O2/c22-18(23)16-9-3-6-12-21(16)17(15-8-2-5-11-20-15)13-14-7-1-4-10-19-14/h1-2,4-5,7-8,10-11,16-17H,3,6,9,12-13H2,(H,22,23). The fourth-order valence-electron chi connectivity index (χ4n) is 3.27. The number of aromatic nitrogens is 2. The summed E-state index contributed by atoms with van der Waals surface area (Å²) in [5.74, 6) is -0.744. The van der Waals surface area contributed by atoms with Gasteiger partial charge in [0.25, 0.3) is 0 Å². The van der Waals surface area contributed by atoms with Crippen LogP contribution in [0.1, 0.15) is 36.7 Å². The van der Waals surface area contributed by atoms with Gasteiger partial charge in [0.1, 0.15) is 6.04 Å². The number of carboxylic acids is 1. The summed E-state index contributed by atoms with van der Waals surface area (Å²) in [6.45, 7) is 0.783. The zero-order valence-corrected chi connectivity index (χ0v) is 13.0. The van der Waals surface area contributed by atoms with Crippen molar-refractivity contribution >= 4 is 5.97 Å². The quantitative estimate of drug-likeness (QED) is 0.919. The van der Waals surface area contributed by atoms with Crippen LogP contribution in [0.15, 0.2) is 48.8 Å². The molecule has 0 saturated carbocycles. The molecule has 0 aromatic carbocycles. The van der Waals surface area contributed by atoms with Gasteiger partial charge in [0, 0.05) is 24.5 Å². The summed E-state index contributed by atoms with van der Waals surface area (Å²) >= 11 is 0. The number of hydrogen-bond donors (Lipinski definition) is 1. The molecule has 0 radical (unpaired) electrons. The van der Waals surface area contributed by atoms with E-state index < -0.39 is 12.0 Å². The Balaban J connectivity index is 1.92. The number of pyridine rings is 2. The Kier molecular flexibility index (Phi) is 4.98. The molecule has 2 atom stereocenters. The molecular weight excluding hydrogens is 290 g/mol. The van der Waals surface area contributed by atoms with Crippen LogP contribution in [0.3, 0.4) is 0 Å². The molecule has 2 aromatic heterocycles. The summed E-state index contributed by atoms with van der Waals surface area (Å²) < 4.78 is 0. The van der Waals surface area contributed by atoms with Crippen molar-refractivity contribution in [3.05, 3.63) is 60.2 Å². The molecule has 1 aliphatic rings. The first-order chi connectivity index (χ1) is 11.3. The Bertz CT molecular complexity index is 633. The molecule has 1 saturated heterocycles. The minimum atomic E-state index is -0.744. The van der Waals surface area contributed by atoms with Gasteiger partial charge in [0.15, 0.2) is 0 Å². The summed E-state index contributed by atoms with van der Waals surface area (Å²) in [5, 5.41) is 9.59. The highest BCUT2D eigenvalue weighted by Crippen LogP contribution is 2.30. The van der Waals surface area contributed by atoms with Crippen LogP contribution in [0.25, 0.3) is 0 Å². The van der Waals surface area contributed by atoms with E-state index >= 15 is 0 Å². The van der Waals surface area contributed by atoms with Crippen LogP contribution in [-0.2, 0) is 11.2 Å². The molecule has 23 heavy (non-hydrogen) atoms. The lowest BCUT2D eigenvalue weighted by Gasteiger charge is -2.38. The minimum Gasteiger partial charge on any atom is -0.480 e. The molecule has 2 aromatic rings. The number of aliphatic carboxylic acids is 1. The molecule has 0 bridgehead atoms. The molecule has 5 heteroatoms. The lowest BCUT2D eigenvalue weighted by Crippen LogP contribution is -2.47. The fraction of sp³-hybridized carbons (Fsp3) is 0.389. The lowest BCUT2D eigenvalue weighted by atomic mass is 9.95. The smallest absolute Gasteiger partial charge is 0.320 e. The minimum absolute atomic E-state index is 0.0625. The topological polar surface area (TPSA) is 66.3 Å². The maximum Gasteiger partial charge on any atom is 0.320 e. The highest BCUT2D eigenvalue weighted by molar-refractivity contribution is 5.73. The predicted octanol–water partition coefficient (Wildman–Crippen LogP) is 2.70. The number of piperidine rings is 1. The third-order valence-corrected chi connectivity index (χ3v) is 4.39. The maximum absolute atomic E-state index is 11.7. The first-order valence-electron chi connectivity index (χ1n) is 8.05.